The number of halogens is 1. The monoisotopic (exact) mass is 366 g/mol. The van der Waals surface area contributed by atoms with Crippen molar-refractivity contribution in [3.8, 4) is 11.6 Å². The maximum atomic E-state index is 14.5. The fourth-order valence-electron chi connectivity index (χ4n) is 3.01. The molecule has 0 spiro atoms. The average molecular weight is 366 g/mol. The first-order chi connectivity index (χ1) is 13.3. The highest BCUT2D eigenvalue weighted by atomic mass is 19.1. The van der Waals surface area contributed by atoms with Gasteiger partial charge in [0.2, 0.25) is 5.88 Å². The molecule has 27 heavy (non-hydrogen) atoms. The molecule has 0 aliphatic carbocycles. The van der Waals surface area contributed by atoms with Gasteiger partial charge in [-0.3, -0.25) is 4.98 Å². The van der Waals surface area contributed by atoms with E-state index in [1.165, 1.54) is 6.07 Å². The summed E-state index contributed by atoms with van der Waals surface area (Å²) in [5.41, 5.74) is 1.11. The van der Waals surface area contributed by atoms with Crippen LogP contribution in [-0.2, 0) is 4.74 Å². The van der Waals surface area contributed by atoms with Crippen molar-refractivity contribution in [2.75, 3.05) is 18.5 Å². The lowest BCUT2D eigenvalue weighted by atomic mass is 9.96. The number of pyridine rings is 1. The first-order valence-corrected chi connectivity index (χ1v) is 8.84. The van der Waals surface area contributed by atoms with Crippen LogP contribution in [0, 0.1) is 5.82 Å². The third-order valence-corrected chi connectivity index (χ3v) is 4.38. The number of hydrogen-bond acceptors (Lipinski definition) is 6. The maximum absolute atomic E-state index is 14.5. The SMILES string of the molecule is Fc1cc(Oc2nccnc2C2CCOCC2)ccc1Nc1ccccn1. The van der Waals surface area contributed by atoms with E-state index in [1.807, 2.05) is 6.07 Å². The predicted molar refractivity (Wildman–Crippen MR) is 98.8 cm³/mol. The fourth-order valence-corrected chi connectivity index (χ4v) is 3.01. The highest BCUT2D eigenvalue weighted by molar-refractivity contribution is 5.58. The van der Waals surface area contributed by atoms with E-state index in [0.717, 1.165) is 18.5 Å². The van der Waals surface area contributed by atoms with Gasteiger partial charge in [0.25, 0.3) is 0 Å². The Hall–Kier alpha value is -3.06. The molecule has 1 saturated heterocycles. The molecule has 4 rings (SSSR count). The number of aromatic nitrogens is 3. The number of ether oxygens (including phenoxy) is 2. The Bertz CT molecular complexity index is 901. The molecule has 3 heterocycles. The van der Waals surface area contributed by atoms with E-state index in [9.17, 15) is 4.39 Å². The third-order valence-electron chi connectivity index (χ3n) is 4.38. The summed E-state index contributed by atoms with van der Waals surface area (Å²) < 4.78 is 25.7. The van der Waals surface area contributed by atoms with E-state index in [0.29, 0.717) is 36.3 Å². The first-order valence-electron chi connectivity index (χ1n) is 8.84. The van der Waals surface area contributed by atoms with E-state index in [2.05, 4.69) is 20.3 Å². The van der Waals surface area contributed by atoms with Crippen LogP contribution in [0.4, 0.5) is 15.9 Å². The van der Waals surface area contributed by atoms with Crippen molar-refractivity contribution in [1.29, 1.82) is 0 Å². The maximum Gasteiger partial charge on any atom is 0.241 e. The van der Waals surface area contributed by atoms with Crippen LogP contribution in [0.2, 0.25) is 0 Å². The van der Waals surface area contributed by atoms with Gasteiger partial charge in [-0.25, -0.2) is 14.4 Å². The van der Waals surface area contributed by atoms with Crippen LogP contribution >= 0.6 is 0 Å². The number of rotatable bonds is 5. The number of benzene rings is 1. The van der Waals surface area contributed by atoms with Crippen molar-refractivity contribution in [2.24, 2.45) is 0 Å². The van der Waals surface area contributed by atoms with Crippen molar-refractivity contribution >= 4 is 11.5 Å². The molecule has 138 valence electrons. The van der Waals surface area contributed by atoms with Crippen LogP contribution in [0.25, 0.3) is 0 Å². The second-order valence-electron chi connectivity index (χ2n) is 6.22. The second-order valence-corrected chi connectivity index (χ2v) is 6.22. The summed E-state index contributed by atoms with van der Waals surface area (Å²) in [4.78, 5) is 12.9. The van der Waals surface area contributed by atoms with Gasteiger partial charge in [0, 0.05) is 43.8 Å². The topological polar surface area (TPSA) is 69.2 Å². The molecular formula is C20H19FN4O2. The molecule has 1 aliphatic rings. The summed E-state index contributed by atoms with van der Waals surface area (Å²) in [5, 5.41) is 2.94. The van der Waals surface area contributed by atoms with Crippen LogP contribution in [0.5, 0.6) is 11.6 Å². The molecule has 1 aliphatic heterocycles. The molecule has 1 aromatic carbocycles. The predicted octanol–water partition coefficient (Wildman–Crippen LogP) is 4.44. The van der Waals surface area contributed by atoms with Crippen LogP contribution in [-0.4, -0.2) is 28.2 Å². The van der Waals surface area contributed by atoms with Crippen molar-refractivity contribution in [1.82, 2.24) is 15.0 Å². The molecule has 2 aromatic heterocycles. The number of anilines is 2. The van der Waals surface area contributed by atoms with Gasteiger partial charge in [-0.2, -0.15) is 0 Å². The average Bonchev–Trinajstić information content (AvgIpc) is 2.72. The summed E-state index contributed by atoms with van der Waals surface area (Å²) in [6, 6.07) is 10.0. The zero-order valence-corrected chi connectivity index (χ0v) is 14.6. The van der Waals surface area contributed by atoms with Gasteiger partial charge < -0.3 is 14.8 Å². The molecule has 0 saturated carbocycles. The van der Waals surface area contributed by atoms with Gasteiger partial charge in [-0.05, 0) is 37.1 Å². The molecule has 1 N–H and O–H groups in total. The largest absolute Gasteiger partial charge is 0.437 e. The summed E-state index contributed by atoms with van der Waals surface area (Å²) in [7, 11) is 0. The Morgan fingerprint density at radius 1 is 1.00 bits per heavy atom. The second kappa shape index (κ2) is 8.09. The van der Waals surface area contributed by atoms with Gasteiger partial charge in [0.1, 0.15) is 23.1 Å². The molecule has 7 heteroatoms. The highest BCUT2D eigenvalue weighted by Gasteiger charge is 2.22. The Balaban J connectivity index is 1.52. The van der Waals surface area contributed by atoms with E-state index in [4.69, 9.17) is 9.47 Å². The van der Waals surface area contributed by atoms with Crippen molar-refractivity contribution in [3.05, 3.63) is 66.5 Å². The Morgan fingerprint density at radius 2 is 1.85 bits per heavy atom. The van der Waals surface area contributed by atoms with Gasteiger partial charge in [0.05, 0.1) is 5.69 Å². The molecule has 6 nitrogen and oxygen atoms in total. The van der Waals surface area contributed by atoms with Crippen molar-refractivity contribution < 1.29 is 13.9 Å². The van der Waals surface area contributed by atoms with Crippen LogP contribution in [0.15, 0.2) is 55.0 Å². The van der Waals surface area contributed by atoms with E-state index in [1.54, 1.807) is 42.9 Å². The van der Waals surface area contributed by atoms with Crippen LogP contribution in [0.3, 0.4) is 0 Å². The molecule has 1 fully saturated rings. The fraction of sp³-hybridized carbons (Fsp3) is 0.250. The Labute approximate surface area is 156 Å². The minimum Gasteiger partial charge on any atom is -0.437 e. The summed E-state index contributed by atoms with van der Waals surface area (Å²) in [6.45, 7) is 1.40. The molecule has 0 unspecified atom stereocenters. The van der Waals surface area contributed by atoms with Crippen molar-refractivity contribution in [3.63, 3.8) is 0 Å². The lowest BCUT2D eigenvalue weighted by molar-refractivity contribution is 0.0839. The van der Waals surface area contributed by atoms with Crippen molar-refractivity contribution in [2.45, 2.75) is 18.8 Å². The summed E-state index contributed by atoms with van der Waals surface area (Å²) >= 11 is 0. The normalized spacial score (nSPS) is 14.7. The Morgan fingerprint density at radius 3 is 2.63 bits per heavy atom. The lowest BCUT2D eigenvalue weighted by Crippen LogP contribution is -2.16. The zero-order valence-electron chi connectivity index (χ0n) is 14.6. The number of hydrogen-bond donors (Lipinski definition) is 1. The molecule has 0 atom stereocenters. The summed E-state index contributed by atoms with van der Waals surface area (Å²) in [5.74, 6) is 1.15. The number of nitrogens with zero attached hydrogens (tertiary/aromatic N) is 3. The van der Waals surface area contributed by atoms with Gasteiger partial charge in [-0.1, -0.05) is 6.07 Å². The zero-order chi connectivity index (χ0) is 18.5. The van der Waals surface area contributed by atoms with Crippen LogP contribution in [0.1, 0.15) is 24.5 Å². The third kappa shape index (κ3) is 4.20. The molecule has 0 amide bonds. The minimum atomic E-state index is -0.436. The Kier molecular flexibility index (Phi) is 5.20. The smallest absolute Gasteiger partial charge is 0.241 e. The van der Waals surface area contributed by atoms with Gasteiger partial charge in [0.15, 0.2) is 0 Å². The highest BCUT2D eigenvalue weighted by Crippen LogP contribution is 2.33. The molecule has 0 radical (unpaired) electrons. The van der Waals surface area contributed by atoms with Crippen LogP contribution < -0.4 is 10.1 Å². The van der Waals surface area contributed by atoms with E-state index < -0.39 is 5.82 Å². The minimum absolute atomic E-state index is 0.234. The summed E-state index contributed by atoms with van der Waals surface area (Å²) in [6.07, 6.45) is 6.61. The van der Waals surface area contributed by atoms with Gasteiger partial charge >= 0.3 is 0 Å². The lowest BCUT2D eigenvalue weighted by Gasteiger charge is -2.22. The molecule has 0 bridgehead atoms. The van der Waals surface area contributed by atoms with E-state index in [-0.39, 0.29) is 5.92 Å². The molecule has 3 aromatic rings. The first kappa shape index (κ1) is 17.4. The van der Waals surface area contributed by atoms with E-state index >= 15 is 0 Å². The molecular weight excluding hydrogens is 347 g/mol. The standard InChI is InChI=1S/C20H19FN4O2/c21-16-13-15(4-5-17(16)25-18-3-1-2-8-22-18)27-20-19(23-9-10-24-20)14-6-11-26-12-7-14/h1-5,8-10,13-14H,6-7,11-12H2,(H,22,25). The number of nitrogens with one attached hydrogen (secondary N) is 1. The quantitative estimate of drug-likeness (QED) is 0.720. The van der Waals surface area contributed by atoms with Gasteiger partial charge in [-0.15, -0.1) is 0 Å².